The summed E-state index contributed by atoms with van der Waals surface area (Å²) in [6.07, 6.45) is 0. The van der Waals surface area contributed by atoms with Gasteiger partial charge in [-0.3, -0.25) is 4.79 Å². The Morgan fingerprint density at radius 1 is 1.24 bits per heavy atom. The number of hydrogen-bond donors (Lipinski definition) is 2. The highest BCUT2D eigenvalue weighted by molar-refractivity contribution is 9.10. The van der Waals surface area contributed by atoms with Crippen LogP contribution in [0.1, 0.15) is 11.1 Å². The fourth-order valence-corrected chi connectivity index (χ4v) is 2.30. The highest BCUT2D eigenvalue weighted by Crippen LogP contribution is 2.24. The fourth-order valence-electron chi connectivity index (χ4n) is 1.87. The third-order valence-electron chi connectivity index (χ3n) is 2.78. The Kier molecular flexibility index (Phi) is 5.36. The topological polar surface area (TPSA) is 61.7 Å². The van der Waals surface area contributed by atoms with Crippen molar-refractivity contribution >= 4 is 44.8 Å². The van der Waals surface area contributed by atoms with Crippen molar-refractivity contribution in [3.8, 4) is 0 Å². The molecule has 4 nitrogen and oxygen atoms in total. The van der Waals surface area contributed by atoms with Crippen LogP contribution in [0.3, 0.4) is 0 Å². The van der Waals surface area contributed by atoms with E-state index in [1.54, 1.807) is 18.2 Å². The lowest BCUT2D eigenvalue weighted by Crippen LogP contribution is -2.16. The number of nitrogens with one attached hydrogen (secondary N) is 1. The van der Waals surface area contributed by atoms with Crippen LogP contribution in [0.25, 0.3) is 0 Å². The summed E-state index contributed by atoms with van der Waals surface area (Å²) in [4.78, 5) is 11.5. The molecule has 0 unspecified atom stereocenters. The average Bonchev–Trinajstić information content (AvgIpc) is 2.51. The Labute approximate surface area is 135 Å². The standard InChI is InChI=1S/C15H12BrClN2O2/c16-11-6-7-13(18-14(20)9-17)12(8-11)15(19-21)10-4-2-1-3-5-10/h1-8,21H,9H2,(H,18,20)/b19-15+. The quantitative estimate of drug-likeness (QED) is 0.373. The Morgan fingerprint density at radius 2 is 1.95 bits per heavy atom. The molecule has 0 aliphatic heterocycles. The smallest absolute Gasteiger partial charge is 0.239 e. The van der Waals surface area contributed by atoms with Crippen molar-refractivity contribution in [2.75, 3.05) is 11.2 Å². The van der Waals surface area contributed by atoms with Gasteiger partial charge in [-0.1, -0.05) is 51.4 Å². The predicted octanol–water partition coefficient (Wildman–Crippen LogP) is 3.85. The van der Waals surface area contributed by atoms with Crippen molar-refractivity contribution < 1.29 is 10.0 Å². The molecule has 0 saturated heterocycles. The Bertz CT molecular complexity index is 675. The molecule has 0 saturated carbocycles. The highest BCUT2D eigenvalue weighted by atomic mass is 79.9. The van der Waals surface area contributed by atoms with Crippen LogP contribution in [-0.2, 0) is 4.79 Å². The summed E-state index contributed by atoms with van der Waals surface area (Å²) >= 11 is 8.89. The molecular formula is C15H12BrClN2O2. The molecule has 0 radical (unpaired) electrons. The summed E-state index contributed by atoms with van der Waals surface area (Å²) in [5, 5.41) is 15.4. The van der Waals surface area contributed by atoms with Gasteiger partial charge >= 0.3 is 0 Å². The first-order valence-corrected chi connectivity index (χ1v) is 7.41. The van der Waals surface area contributed by atoms with Crippen molar-refractivity contribution in [3.63, 3.8) is 0 Å². The van der Waals surface area contributed by atoms with Crippen molar-refractivity contribution in [1.29, 1.82) is 0 Å². The lowest BCUT2D eigenvalue weighted by Gasteiger charge is -2.12. The molecule has 6 heteroatoms. The first kappa shape index (κ1) is 15.5. The number of rotatable bonds is 4. The maximum Gasteiger partial charge on any atom is 0.239 e. The zero-order valence-corrected chi connectivity index (χ0v) is 13.2. The van der Waals surface area contributed by atoms with E-state index in [-0.39, 0.29) is 11.8 Å². The summed E-state index contributed by atoms with van der Waals surface area (Å²) < 4.78 is 0.804. The molecule has 0 bridgehead atoms. The summed E-state index contributed by atoms with van der Waals surface area (Å²) in [5.74, 6) is -0.475. The molecule has 2 aromatic carbocycles. The SMILES string of the molecule is O=C(CCl)Nc1ccc(Br)cc1/C(=N/O)c1ccccc1. The lowest BCUT2D eigenvalue weighted by atomic mass is 10.0. The Morgan fingerprint density at radius 3 is 2.57 bits per heavy atom. The van der Waals surface area contributed by atoms with Crippen LogP contribution in [0, 0.1) is 0 Å². The number of nitrogens with zero attached hydrogens (tertiary/aromatic N) is 1. The molecular weight excluding hydrogens is 356 g/mol. The van der Waals surface area contributed by atoms with E-state index in [1.807, 2.05) is 30.3 Å². The molecule has 0 aliphatic rings. The number of oxime groups is 1. The number of carbonyl (C=O) groups excluding carboxylic acids is 1. The summed E-state index contributed by atoms with van der Waals surface area (Å²) in [5.41, 5.74) is 2.22. The van der Waals surface area contributed by atoms with E-state index < -0.39 is 0 Å². The Hall–Kier alpha value is -1.85. The number of carbonyl (C=O) groups is 1. The van der Waals surface area contributed by atoms with Gasteiger partial charge < -0.3 is 10.5 Å². The molecule has 0 aliphatic carbocycles. The number of amides is 1. The minimum absolute atomic E-state index is 0.146. The zero-order chi connectivity index (χ0) is 15.2. The number of anilines is 1. The second kappa shape index (κ2) is 7.24. The van der Waals surface area contributed by atoms with Crippen molar-refractivity contribution in [2.24, 2.45) is 5.16 Å². The number of halogens is 2. The zero-order valence-electron chi connectivity index (χ0n) is 10.9. The Balaban J connectivity index is 2.50. The normalized spacial score (nSPS) is 11.2. The van der Waals surface area contributed by atoms with Crippen LogP contribution in [0.5, 0.6) is 0 Å². The molecule has 0 heterocycles. The molecule has 1 amide bonds. The van der Waals surface area contributed by atoms with Gasteiger partial charge in [0.1, 0.15) is 11.6 Å². The predicted molar refractivity (Wildman–Crippen MR) is 87.4 cm³/mol. The van der Waals surface area contributed by atoms with Gasteiger partial charge in [0.05, 0.1) is 5.69 Å². The fraction of sp³-hybridized carbons (Fsp3) is 0.0667. The molecule has 2 rings (SSSR count). The molecule has 2 aromatic rings. The second-order valence-electron chi connectivity index (χ2n) is 4.19. The van der Waals surface area contributed by atoms with E-state index in [2.05, 4.69) is 26.4 Å². The summed E-state index contributed by atoms with van der Waals surface area (Å²) in [7, 11) is 0. The van der Waals surface area contributed by atoms with Crippen LogP contribution in [-0.4, -0.2) is 22.7 Å². The first-order chi connectivity index (χ1) is 10.2. The molecule has 0 atom stereocenters. The molecule has 0 fully saturated rings. The number of hydrogen-bond acceptors (Lipinski definition) is 3. The van der Waals surface area contributed by atoms with E-state index in [9.17, 15) is 10.0 Å². The van der Waals surface area contributed by atoms with Crippen LogP contribution < -0.4 is 5.32 Å². The van der Waals surface area contributed by atoms with E-state index in [0.29, 0.717) is 17.0 Å². The summed E-state index contributed by atoms with van der Waals surface area (Å²) in [6.45, 7) is 0. The van der Waals surface area contributed by atoms with Gasteiger partial charge in [0.25, 0.3) is 0 Å². The molecule has 21 heavy (non-hydrogen) atoms. The van der Waals surface area contributed by atoms with Crippen molar-refractivity contribution in [1.82, 2.24) is 0 Å². The van der Waals surface area contributed by atoms with E-state index in [1.165, 1.54) is 0 Å². The minimum atomic E-state index is -0.328. The van der Waals surface area contributed by atoms with Gasteiger partial charge in [-0.15, -0.1) is 11.6 Å². The van der Waals surface area contributed by atoms with Crippen molar-refractivity contribution in [3.05, 3.63) is 64.1 Å². The second-order valence-corrected chi connectivity index (χ2v) is 5.37. The van der Waals surface area contributed by atoms with Crippen LogP contribution in [0.15, 0.2) is 58.2 Å². The minimum Gasteiger partial charge on any atom is -0.410 e. The average molecular weight is 368 g/mol. The van der Waals surface area contributed by atoms with Crippen molar-refractivity contribution in [2.45, 2.75) is 0 Å². The van der Waals surface area contributed by atoms with Gasteiger partial charge in [-0.2, -0.15) is 0 Å². The van der Waals surface area contributed by atoms with Crippen LogP contribution in [0.2, 0.25) is 0 Å². The van der Waals surface area contributed by atoms with Gasteiger partial charge in [-0.25, -0.2) is 0 Å². The maximum atomic E-state index is 11.5. The van der Waals surface area contributed by atoms with Gasteiger partial charge in [0.2, 0.25) is 5.91 Å². The maximum absolute atomic E-state index is 11.5. The third kappa shape index (κ3) is 3.83. The summed E-state index contributed by atoms with van der Waals surface area (Å²) in [6, 6.07) is 14.5. The van der Waals surface area contributed by atoms with Crippen LogP contribution >= 0.6 is 27.5 Å². The highest BCUT2D eigenvalue weighted by Gasteiger charge is 2.14. The largest absolute Gasteiger partial charge is 0.410 e. The van der Waals surface area contributed by atoms with E-state index >= 15 is 0 Å². The third-order valence-corrected chi connectivity index (χ3v) is 3.52. The van der Waals surface area contributed by atoms with Gasteiger partial charge in [0.15, 0.2) is 0 Å². The van der Waals surface area contributed by atoms with Gasteiger partial charge in [-0.05, 0) is 18.2 Å². The monoisotopic (exact) mass is 366 g/mol. The van der Waals surface area contributed by atoms with E-state index in [4.69, 9.17) is 11.6 Å². The number of benzene rings is 2. The molecule has 108 valence electrons. The molecule has 0 aromatic heterocycles. The number of alkyl halides is 1. The lowest BCUT2D eigenvalue weighted by molar-refractivity contribution is -0.113. The first-order valence-electron chi connectivity index (χ1n) is 6.09. The van der Waals surface area contributed by atoms with E-state index in [0.717, 1.165) is 10.0 Å². The van der Waals surface area contributed by atoms with Gasteiger partial charge in [0, 0.05) is 15.6 Å². The molecule has 0 spiro atoms. The van der Waals surface area contributed by atoms with Crippen LogP contribution in [0.4, 0.5) is 5.69 Å². The molecule has 2 N–H and O–H groups in total.